The van der Waals surface area contributed by atoms with Gasteiger partial charge in [-0.3, -0.25) is 0 Å². The number of piperazine rings is 1. The molecule has 27 heavy (non-hydrogen) atoms. The highest BCUT2D eigenvalue weighted by Crippen LogP contribution is 2.30. The van der Waals surface area contributed by atoms with Crippen molar-refractivity contribution >= 4 is 17.0 Å². The number of fused-ring (bicyclic) bond motifs is 1. The van der Waals surface area contributed by atoms with E-state index in [4.69, 9.17) is 9.47 Å². The molecule has 7 nitrogen and oxygen atoms in total. The first-order valence-electron chi connectivity index (χ1n) is 9.48. The lowest BCUT2D eigenvalue weighted by Crippen LogP contribution is -2.48. The summed E-state index contributed by atoms with van der Waals surface area (Å²) < 4.78 is 11.5. The number of hydrogen-bond donors (Lipinski definition) is 1. The first-order chi connectivity index (χ1) is 12.9. The van der Waals surface area contributed by atoms with Crippen molar-refractivity contribution in [3.63, 3.8) is 0 Å². The van der Waals surface area contributed by atoms with Crippen LogP contribution in [0.4, 0.5) is 4.79 Å². The van der Waals surface area contributed by atoms with Crippen LogP contribution in [0, 0.1) is 0 Å². The average Bonchev–Trinajstić information content (AvgIpc) is 3.04. The summed E-state index contributed by atoms with van der Waals surface area (Å²) >= 11 is 0. The van der Waals surface area contributed by atoms with Crippen molar-refractivity contribution in [3.05, 3.63) is 30.0 Å². The molecule has 0 saturated carbocycles. The molecule has 3 rings (SSSR count). The summed E-state index contributed by atoms with van der Waals surface area (Å²) in [5.41, 5.74) is 2.23. The number of likely N-dealkylation sites (N-methyl/N-ethyl adjacent to an activating group) is 2. The SMILES string of the molecule is CC(OC(=O)N1CCN(C)CC1)Oc1cccc2[nH]cc(CCN(C)C)c12. The maximum atomic E-state index is 12.4. The Hall–Kier alpha value is -2.25. The number of carbonyl (C=O) groups is 1. The molecule has 1 aromatic carbocycles. The van der Waals surface area contributed by atoms with Gasteiger partial charge < -0.3 is 29.2 Å². The summed E-state index contributed by atoms with van der Waals surface area (Å²) in [5, 5.41) is 1.06. The monoisotopic (exact) mass is 374 g/mol. The summed E-state index contributed by atoms with van der Waals surface area (Å²) in [6.07, 6.45) is 1.98. The highest BCUT2D eigenvalue weighted by molar-refractivity contribution is 5.89. The van der Waals surface area contributed by atoms with E-state index >= 15 is 0 Å². The molecule has 0 spiro atoms. The fraction of sp³-hybridized carbons (Fsp3) is 0.550. The second-order valence-electron chi connectivity index (χ2n) is 7.41. The van der Waals surface area contributed by atoms with E-state index in [2.05, 4.69) is 35.9 Å². The minimum Gasteiger partial charge on any atom is -0.454 e. The molecule has 1 saturated heterocycles. The highest BCUT2D eigenvalue weighted by atomic mass is 16.7. The van der Waals surface area contributed by atoms with E-state index in [1.807, 2.05) is 24.4 Å². The maximum Gasteiger partial charge on any atom is 0.412 e. The quantitative estimate of drug-likeness (QED) is 0.787. The van der Waals surface area contributed by atoms with Crippen molar-refractivity contribution in [2.45, 2.75) is 19.6 Å². The van der Waals surface area contributed by atoms with Crippen LogP contribution in [0.1, 0.15) is 12.5 Å². The molecule has 1 unspecified atom stereocenters. The number of nitrogens with one attached hydrogen (secondary N) is 1. The fourth-order valence-corrected chi connectivity index (χ4v) is 3.27. The third-order valence-electron chi connectivity index (χ3n) is 4.90. The minimum absolute atomic E-state index is 0.315. The van der Waals surface area contributed by atoms with Crippen LogP contribution in [-0.2, 0) is 11.2 Å². The molecule has 1 N–H and O–H groups in total. The molecule has 0 radical (unpaired) electrons. The van der Waals surface area contributed by atoms with Gasteiger partial charge in [-0.05, 0) is 45.3 Å². The van der Waals surface area contributed by atoms with Gasteiger partial charge in [-0.25, -0.2) is 4.79 Å². The van der Waals surface area contributed by atoms with Gasteiger partial charge in [0, 0.05) is 56.7 Å². The van der Waals surface area contributed by atoms with Crippen molar-refractivity contribution in [3.8, 4) is 5.75 Å². The van der Waals surface area contributed by atoms with Crippen LogP contribution in [0.3, 0.4) is 0 Å². The smallest absolute Gasteiger partial charge is 0.412 e. The van der Waals surface area contributed by atoms with E-state index in [-0.39, 0.29) is 6.09 Å². The van der Waals surface area contributed by atoms with Crippen molar-refractivity contribution in [2.24, 2.45) is 0 Å². The topological polar surface area (TPSA) is 61.0 Å². The number of amides is 1. The second kappa shape index (κ2) is 8.63. The molecular weight excluding hydrogens is 344 g/mol. The molecule has 0 bridgehead atoms. The van der Waals surface area contributed by atoms with Crippen LogP contribution in [0.25, 0.3) is 10.9 Å². The zero-order valence-electron chi connectivity index (χ0n) is 16.7. The molecule has 1 amide bonds. The summed E-state index contributed by atoms with van der Waals surface area (Å²) in [6.45, 7) is 5.81. The largest absolute Gasteiger partial charge is 0.454 e. The minimum atomic E-state index is -0.653. The number of rotatable bonds is 6. The summed E-state index contributed by atoms with van der Waals surface area (Å²) in [4.78, 5) is 21.8. The third-order valence-corrected chi connectivity index (χ3v) is 4.90. The first kappa shape index (κ1) is 19.5. The zero-order chi connectivity index (χ0) is 19.4. The van der Waals surface area contributed by atoms with Gasteiger partial charge >= 0.3 is 6.09 Å². The second-order valence-corrected chi connectivity index (χ2v) is 7.41. The van der Waals surface area contributed by atoms with Gasteiger partial charge in [-0.1, -0.05) is 6.07 Å². The number of ether oxygens (including phenoxy) is 2. The zero-order valence-corrected chi connectivity index (χ0v) is 16.7. The van der Waals surface area contributed by atoms with E-state index in [9.17, 15) is 4.79 Å². The van der Waals surface area contributed by atoms with Crippen molar-refractivity contribution in [1.82, 2.24) is 19.7 Å². The molecular formula is C20H30N4O3. The molecule has 7 heteroatoms. The predicted molar refractivity (Wildman–Crippen MR) is 106 cm³/mol. The summed E-state index contributed by atoms with van der Waals surface area (Å²) in [7, 11) is 6.18. The van der Waals surface area contributed by atoms with Gasteiger partial charge in [-0.15, -0.1) is 0 Å². The summed E-state index contributed by atoms with van der Waals surface area (Å²) in [6, 6.07) is 5.90. The first-order valence-corrected chi connectivity index (χ1v) is 9.48. The molecule has 2 heterocycles. The van der Waals surface area contributed by atoms with E-state index < -0.39 is 6.29 Å². The van der Waals surface area contributed by atoms with Gasteiger partial charge in [0.25, 0.3) is 0 Å². The predicted octanol–water partition coefficient (Wildman–Crippen LogP) is 2.38. The Morgan fingerprint density at radius 1 is 1.26 bits per heavy atom. The van der Waals surface area contributed by atoms with Crippen LogP contribution >= 0.6 is 0 Å². The van der Waals surface area contributed by atoms with Crippen molar-refractivity contribution in [1.29, 1.82) is 0 Å². The maximum absolute atomic E-state index is 12.4. The van der Waals surface area contributed by atoms with Crippen LogP contribution in [0.15, 0.2) is 24.4 Å². The number of H-pyrrole nitrogens is 1. The molecule has 2 aromatic rings. The van der Waals surface area contributed by atoms with Gasteiger partial charge in [0.15, 0.2) is 0 Å². The molecule has 1 aliphatic heterocycles. The third kappa shape index (κ3) is 4.93. The van der Waals surface area contributed by atoms with Crippen LogP contribution < -0.4 is 4.74 Å². The Balaban J connectivity index is 1.66. The van der Waals surface area contributed by atoms with E-state index in [0.717, 1.165) is 42.7 Å². The number of carbonyl (C=O) groups excluding carboxylic acids is 1. The lowest BCUT2D eigenvalue weighted by molar-refractivity contribution is -0.0364. The van der Waals surface area contributed by atoms with Crippen molar-refractivity contribution in [2.75, 3.05) is 53.9 Å². The fourth-order valence-electron chi connectivity index (χ4n) is 3.27. The van der Waals surface area contributed by atoms with Crippen LogP contribution in [0.5, 0.6) is 5.75 Å². The number of benzene rings is 1. The Labute approximate surface area is 160 Å². The lowest BCUT2D eigenvalue weighted by Gasteiger charge is -2.32. The standard InChI is InChI=1S/C20H30N4O3/c1-15(27-20(25)24-12-10-23(4)11-13-24)26-18-7-5-6-17-19(18)16(14-21-17)8-9-22(2)3/h5-7,14-15,21H,8-13H2,1-4H3. The Morgan fingerprint density at radius 3 is 2.70 bits per heavy atom. The molecule has 0 aliphatic carbocycles. The van der Waals surface area contributed by atoms with Crippen molar-refractivity contribution < 1.29 is 14.3 Å². The van der Waals surface area contributed by atoms with Crippen LogP contribution in [-0.4, -0.2) is 85.9 Å². The van der Waals surface area contributed by atoms with Crippen LogP contribution in [0.2, 0.25) is 0 Å². The Bertz CT molecular complexity index is 766. The molecule has 1 aromatic heterocycles. The molecule has 148 valence electrons. The number of nitrogens with zero attached hydrogens (tertiary/aromatic N) is 3. The number of hydrogen-bond acceptors (Lipinski definition) is 5. The Morgan fingerprint density at radius 2 is 2.00 bits per heavy atom. The molecule has 1 aliphatic rings. The van der Waals surface area contributed by atoms with E-state index in [1.54, 1.807) is 11.8 Å². The van der Waals surface area contributed by atoms with Gasteiger partial charge in [-0.2, -0.15) is 0 Å². The van der Waals surface area contributed by atoms with E-state index in [1.165, 1.54) is 5.56 Å². The normalized spacial score (nSPS) is 16.7. The van der Waals surface area contributed by atoms with Gasteiger partial charge in [0.2, 0.25) is 6.29 Å². The average molecular weight is 374 g/mol. The highest BCUT2D eigenvalue weighted by Gasteiger charge is 2.23. The summed E-state index contributed by atoms with van der Waals surface area (Å²) in [5.74, 6) is 0.737. The number of aromatic amines is 1. The Kier molecular flexibility index (Phi) is 6.23. The molecule has 1 fully saturated rings. The number of aromatic nitrogens is 1. The molecule has 1 atom stereocenters. The van der Waals surface area contributed by atoms with Gasteiger partial charge in [0.05, 0.1) is 0 Å². The van der Waals surface area contributed by atoms with E-state index in [0.29, 0.717) is 13.1 Å². The van der Waals surface area contributed by atoms with Gasteiger partial charge in [0.1, 0.15) is 5.75 Å². The lowest BCUT2D eigenvalue weighted by atomic mass is 10.1.